The average Bonchev–Trinajstić information content (AvgIpc) is 2.67. The number of carbonyl (C=O) groups excluding carboxylic acids is 1. The van der Waals surface area contributed by atoms with Crippen molar-refractivity contribution in [1.29, 1.82) is 0 Å². The van der Waals surface area contributed by atoms with Crippen LogP contribution in [0.15, 0.2) is 47.3 Å². The molecular weight excluding hydrogens is 396 g/mol. The molecule has 0 aliphatic carbocycles. The number of fused-ring (bicyclic) bond motifs is 2. The molecule has 0 radical (unpaired) electrons. The van der Waals surface area contributed by atoms with Gasteiger partial charge >= 0.3 is 5.97 Å². The SMILES string of the molecule is CCOC(=O)Cc1nc2c(c(=O)[nH]1)C(c1ccc(Cl)cc1)c1ccc(O)cc1O2. The molecule has 3 aromatic rings. The van der Waals surface area contributed by atoms with E-state index in [2.05, 4.69) is 9.97 Å². The maximum Gasteiger partial charge on any atom is 0.313 e. The number of ether oxygens (including phenoxy) is 2. The number of esters is 1. The molecule has 4 rings (SSSR count). The normalized spacial score (nSPS) is 14.5. The van der Waals surface area contributed by atoms with E-state index in [1.807, 2.05) is 12.1 Å². The van der Waals surface area contributed by atoms with Gasteiger partial charge in [-0.25, -0.2) is 0 Å². The number of aromatic nitrogens is 2. The number of nitrogens with one attached hydrogen (secondary N) is 1. The Hall–Kier alpha value is -3.32. The number of hydrogen-bond donors (Lipinski definition) is 2. The number of aromatic amines is 1. The van der Waals surface area contributed by atoms with Crippen LogP contribution in [-0.2, 0) is 16.0 Å². The van der Waals surface area contributed by atoms with Crippen molar-refractivity contribution in [3.8, 4) is 17.4 Å². The molecule has 1 atom stereocenters. The zero-order chi connectivity index (χ0) is 20.5. The third-order valence-corrected chi connectivity index (χ3v) is 4.85. The first-order chi connectivity index (χ1) is 14.0. The van der Waals surface area contributed by atoms with E-state index in [4.69, 9.17) is 21.1 Å². The molecule has 1 aliphatic heterocycles. The summed E-state index contributed by atoms with van der Waals surface area (Å²) in [6, 6.07) is 11.8. The highest BCUT2D eigenvalue weighted by molar-refractivity contribution is 6.30. The lowest BCUT2D eigenvalue weighted by Gasteiger charge is -2.27. The van der Waals surface area contributed by atoms with Crippen LogP contribution in [0.2, 0.25) is 5.02 Å². The number of aromatic hydroxyl groups is 1. The maximum absolute atomic E-state index is 12.9. The van der Waals surface area contributed by atoms with E-state index in [1.54, 1.807) is 25.1 Å². The topological polar surface area (TPSA) is 102 Å². The lowest BCUT2D eigenvalue weighted by molar-refractivity contribution is -0.142. The van der Waals surface area contributed by atoms with Crippen LogP contribution in [0.3, 0.4) is 0 Å². The molecule has 148 valence electrons. The second-order valence-electron chi connectivity index (χ2n) is 6.52. The van der Waals surface area contributed by atoms with Gasteiger partial charge < -0.3 is 19.6 Å². The van der Waals surface area contributed by atoms with Crippen molar-refractivity contribution < 1.29 is 19.4 Å². The zero-order valence-corrected chi connectivity index (χ0v) is 16.2. The molecular formula is C21H17ClN2O5. The third-order valence-electron chi connectivity index (χ3n) is 4.59. The molecule has 29 heavy (non-hydrogen) atoms. The Morgan fingerprint density at radius 1 is 1.28 bits per heavy atom. The van der Waals surface area contributed by atoms with E-state index in [0.717, 1.165) is 5.56 Å². The standard InChI is InChI=1S/C21H17ClN2O5/c1-2-28-17(26)10-16-23-20(27)19-18(11-3-5-12(22)6-4-11)14-8-7-13(25)9-15(14)29-21(19)24-16/h3-9,18,25H,2,10H2,1H3,(H,23,24,27). The van der Waals surface area contributed by atoms with Gasteiger partial charge in [0.05, 0.1) is 12.2 Å². The van der Waals surface area contributed by atoms with Gasteiger partial charge in [0.1, 0.15) is 23.7 Å². The number of phenolic OH excluding ortho intramolecular Hbond substituents is 1. The first-order valence-corrected chi connectivity index (χ1v) is 9.39. The summed E-state index contributed by atoms with van der Waals surface area (Å²) in [5, 5.41) is 10.4. The number of nitrogens with zero attached hydrogens (tertiary/aromatic N) is 1. The van der Waals surface area contributed by atoms with Crippen LogP contribution in [0.25, 0.3) is 0 Å². The lowest BCUT2D eigenvalue weighted by Crippen LogP contribution is -2.26. The summed E-state index contributed by atoms with van der Waals surface area (Å²) in [7, 11) is 0. The second kappa shape index (κ2) is 7.60. The largest absolute Gasteiger partial charge is 0.508 e. The molecule has 1 aromatic heterocycles. The van der Waals surface area contributed by atoms with E-state index in [9.17, 15) is 14.7 Å². The summed E-state index contributed by atoms with van der Waals surface area (Å²) in [5.74, 6) is -0.328. The Morgan fingerprint density at radius 3 is 2.76 bits per heavy atom. The van der Waals surface area contributed by atoms with Crippen LogP contribution in [0.1, 0.15) is 35.4 Å². The molecule has 0 saturated heterocycles. The fourth-order valence-electron chi connectivity index (χ4n) is 3.38. The van der Waals surface area contributed by atoms with E-state index < -0.39 is 17.4 Å². The predicted molar refractivity (Wildman–Crippen MR) is 106 cm³/mol. The van der Waals surface area contributed by atoms with Crippen LogP contribution in [0.5, 0.6) is 17.4 Å². The number of phenols is 1. The predicted octanol–water partition coefficient (Wildman–Crippen LogP) is 3.52. The maximum atomic E-state index is 12.9. The second-order valence-corrected chi connectivity index (χ2v) is 6.96. The molecule has 2 N–H and O–H groups in total. The number of hydrogen-bond acceptors (Lipinski definition) is 6. The Bertz CT molecular complexity index is 1140. The van der Waals surface area contributed by atoms with Crippen molar-refractivity contribution >= 4 is 17.6 Å². The van der Waals surface area contributed by atoms with Gasteiger partial charge in [0.25, 0.3) is 5.56 Å². The Morgan fingerprint density at radius 2 is 2.03 bits per heavy atom. The average molecular weight is 413 g/mol. The first kappa shape index (κ1) is 19.0. The van der Waals surface area contributed by atoms with Gasteiger partial charge in [0, 0.05) is 22.6 Å². The van der Waals surface area contributed by atoms with Crippen LogP contribution in [-0.4, -0.2) is 27.7 Å². The zero-order valence-electron chi connectivity index (χ0n) is 15.4. The fraction of sp³-hybridized carbons (Fsp3) is 0.190. The Balaban J connectivity index is 1.86. The molecule has 2 aromatic carbocycles. The number of H-pyrrole nitrogens is 1. The molecule has 1 aliphatic rings. The van der Waals surface area contributed by atoms with Crippen molar-refractivity contribution in [2.24, 2.45) is 0 Å². The lowest BCUT2D eigenvalue weighted by atomic mass is 9.84. The van der Waals surface area contributed by atoms with E-state index >= 15 is 0 Å². The van der Waals surface area contributed by atoms with Gasteiger partial charge in [-0.15, -0.1) is 0 Å². The molecule has 8 heteroatoms. The third kappa shape index (κ3) is 3.69. The summed E-state index contributed by atoms with van der Waals surface area (Å²) in [4.78, 5) is 31.7. The number of benzene rings is 2. The first-order valence-electron chi connectivity index (χ1n) is 9.01. The fourth-order valence-corrected chi connectivity index (χ4v) is 3.51. The van der Waals surface area contributed by atoms with E-state index in [1.165, 1.54) is 12.1 Å². The summed E-state index contributed by atoms with van der Waals surface area (Å²) in [6.07, 6.45) is -0.182. The van der Waals surface area contributed by atoms with Gasteiger partial charge in [0.15, 0.2) is 0 Å². The van der Waals surface area contributed by atoms with Gasteiger partial charge in [-0.2, -0.15) is 4.98 Å². The van der Waals surface area contributed by atoms with Crippen LogP contribution < -0.4 is 10.3 Å². The summed E-state index contributed by atoms with van der Waals surface area (Å²) >= 11 is 6.02. The van der Waals surface area contributed by atoms with Crippen molar-refractivity contribution in [1.82, 2.24) is 9.97 Å². The molecule has 0 amide bonds. The summed E-state index contributed by atoms with van der Waals surface area (Å²) in [6.45, 7) is 1.93. The van der Waals surface area contributed by atoms with Gasteiger partial charge in [-0.05, 0) is 30.7 Å². The molecule has 7 nitrogen and oxygen atoms in total. The highest BCUT2D eigenvalue weighted by atomic mass is 35.5. The Kier molecular flexibility index (Phi) is 4.98. The summed E-state index contributed by atoms with van der Waals surface area (Å²) < 4.78 is 10.7. The van der Waals surface area contributed by atoms with Crippen molar-refractivity contribution in [2.75, 3.05) is 6.61 Å². The highest BCUT2D eigenvalue weighted by Gasteiger charge is 2.33. The van der Waals surface area contributed by atoms with Crippen molar-refractivity contribution in [2.45, 2.75) is 19.3 Å². The number of halogens is 1. The molecule has 0 saturated carbocycles. The van der Waals surface area contributed by atoms with Crippen LogP contribution >= 0.6 is 11.6 Å². The molecule has 0 spiro atoms. The minimum atomic E-state index is -0.501. The van der Waals surface area contributed by atoms with E-state index in [-0.39, 0.29) is 30.5 Å². The Labute approximate surface area is 170 Å². The molecule has 0 bridgehead atoms. The smallest absolute Gasteiger partial charge is 0.313 e. The molecule has 0 fully saturated rings. The van der Waals surface area contributed by atoms with Gasteiger partial charge in [0.2, 0.25) is 5.88 Å². The van der Waals surface area contributed by atoms with E-state index in [0.29, 0.717) is 21.9 Å². The van der Waals surface area contributed by atoms with Gasteiger partial charge in [-0.1, -0.05) is 29.8 Å². The van der Waals surface area contributed by atoms with Crippen molar-refractivity contribution in [3.63, 3.8) is 0 Å². The molecule has 2 heterocycles. The summed E-state index contributed by atoms with van der Waals surface area (Å²) in [5.41, 5.74) is 1.44. The van der Waals surface area contributed by atoms with Crippen LogP contribution in [0, 0.1) is 0 Å². The quantitative estimate of drug-likeness (QED) is 0.497. The number of carbonyl (C=O) groups is 1. The minimum absolute atomic E-state index is 0.0265. The monoisotopic (exact) mass is 412 g/mol. The highest BCUT2D eigenvalue weighted by Crippen LogP contribution is 2.46. The minimum Gasteiger partial charge on any atom is -0.508 e. The van der Waals surface area contributed by atoms with Crippen molar-refractivity contribution in [3.05, 3.63) is 80.4 Å². The molecule has 1 unspecified atom stereocenters. The number of rotatable bonds is 4. The van der Waals surface area contributed by atoms with Gasteiger partial charge in [-0.3, -0.25) is 9.59 Å². The van der Waals surface area contributed by atoms with Crippen LogP contribution in [0.4, 0.5) is 0 Å².